The van der Waals surface area contributed by atoms with Crippen LogP contribution in [0.5, 0.6) is 0 Å². The second kappa shape index (κ2) is 9.23. The predicted octanol–water partition coefficient (Wildman–Crippen LogP) is 6.80. The van der Waals surface area contributed by atoms with E-state index < -0.39 is 0 Å². The van der Waals surface area contributed by atoms with E-state index in [1.807, 2.05) is 29.8 Å². The van der Waals surface area contributed by atoms with E-state index in [4.69, 9.17) is 4.98 Å². The molecule has 0 spiro atoms. The molecule has 7 aromatic rings. The number of pyridine rings is 2. The van der Waals surface area contributed by atoms with Crippen LogP contribution >= 0.6 is 11.3 Å². The molecule has 4 heteroatoms. The van der Waals surface area contributed by atoms with Gasteiger partial charge < -0.3 is 0 Å². The number of thiophene rings is 1. The Morgan fingerprint density at radius 3 is 2.16 bits per heavy atom. The van der Waals surface area contributed by atoms with E-state index in [0.717, 1.165) is 22.2 Å². The number of fused-ring (bicyclic) bond motifs is 5. The summed E-state index contributed by atoms with van der Waals surface area (Å²) in [6, 6.07) is 37.2. The molecule has 0 N–H and O–H groups in total. The molecule has 0 bridgehead atoms. The largest absolute Gasteiger partial charge is 0.264 e. The standard InChI is InChI=1S/C34H25BN2S/c1-22-10-3-6-15-28(22)35(29-16-7-4-11-23(29)2)25-13-9-12-24(20-25)33-34-32(26-14-5-8-17-31(26)38-34)27-21-36-19-18-30(27)37-33/h3-21H,1-2H3. The van der Waals surface area contributed by atoms with Crippen molar-refractivity contribution in [3.8, 4) is 11.3 Å². The summed E-state index contributed by atoms with van der Waals surface area (Å²) in [5.74, 6) is 0. The zero-order valence-electron chi connectivity index (χ0n) is 21.3. The minimum atomic E-state index is 0.139. The van der Waals surface area contributed by atoms with Crippen LogP contribution in [0.25, 0.3) is 42.3 Å². The van der Waals surface area contributed by atoms with Crippen molar-refractivity contribution >= 4 is 65.5 Å². The van der Waals surface area contributed by atoms with Gasteiger partial charge in [-0.05, 0) is 26.0 Å². The molecule has 0 amide bonds. The van der Waals surface area contributed by atoms with E-state index in [9.17, 15) is 0 Å². The lowest BCUT2D eigenvalue weighted by molar-refractivity contribution is 1.34. The smallest absolute Gasteiger partial charge is 0.241 e. The van der Waals surface area contributed by atoms with Crippen molar-refractivity contribution in [1.82, 2.24) is 9.97 Å². The maximum absolute atomic E-state index is 5.22. The number of benzene rings is 4. The van der Waals surface area contributed by atoms with E-state index in [2.05, 4.69) is 116 Å². The number of aryl methyl sites for hydroxylation is 2. The molecule has 0 saturated heterocycles. The minimum Gasteiger partial charge on any atom is -0.264 e. The third-order valence-electron chi connectivity index (χ3n) is 7.60. The fourth-order valence-corrected chi connectivity index (χ4v) is 6.97. The van der Waals surface area contributed by atoms with Crippen molar-refractivity contribution in [3.63, 3.8) is 0 Å². The SMILES string of the molecule is Cc1ccccc1B(c1cccc(-c2nc3ccncc3c3c2sc2ccccc23)c1)c1ccccc1C. The van der Waals surface area contributed by atoms with Crippen LogP contribution < -0.4 is 16.4 Å². The van der Waals surface area contributed by atoms with Gasteiger partial charge in [-0.1, -0.05) is 119 Å². The first kappa shape index (κ1) is 22.9. The monoisotopic (exact) mass is 504 g/mol. The minimum absolute atomic E-state index is 0.139. The zero-order chi connectivity index (χ0) is 25.6. The van der Waals surface area contributed by atoms with Crippen molar-refractivity contribution in [2.75, 3.05) is 0 Å². The van der Waals surface area contributed by atoms with Crippen LogP contribution in [-0.4, -0.2) is 16.7 Å². The highest BCUT2D eigenvalue weighted by molar-refractivity contribution is 7.26. The molecule has 180 valence electrons. The Labute approximate surface area is 226 Å². The van der Waals surface area contributed by atoms with Gasteiger partial charge in [-0.25, -0.2) is 4.98 Å². The Bertz CT molecular complexity index is 1930. The molecule has 0 radical (unpaired) electrons. The maximum Gasteiger partial charge on any atom is 0.241 e. The molecule has 7 rings (SSSR count). The average molecular weight is 504 g/mol. The molecular formula is C34H25BN2S. The Morgan fingerprint density at radius 1 is 0.684 bits per heavy atom. The molecule has 0 fully saturated rings. The molecule has 38 heavy (non-hydrogen) atoms. The van der Waals surface area contributed by atoms with E-state index in [1.165, 1.54) is 47.7 Å². The lowest BCUT2D eigenvalue weighted by Gasteiger charge is -2.20. The summed E-state index contributed by atoms with van der Waals surface area (Å²) in [7, 11) is 0. The van der Waals surface area contributed by atoms with E-state index >= 15 is 0 Å². The lowest BCUT2D eigenvalue weighted by atomic mass is 9.35. The predicted molar refractivity (Wildman–Crippen MR) is 165 cm³/mol. The van der Waals surface area contributed by atoms with Crippen LogP contribution in [0.2, 0.25) is 0 Å². The van der Waals surface area contributed by atoms with Gasteiger partial charge in [0.1, 0.15) is 0 Å². The van der Waals surface area contributed by atoms with Crippen LogP contribution in [-0.2, 0) is 0 Å². The molecule has 0 aliphatic rings. The fraction of sp³-hybridized carbons (Fsp3) is 0.0588. The topological polar surface area (TPSA) is 25.8 Å². The van der Waals surface area contributed by atoms with Crippen molar-refractivity contribution in [1.29, 1.82) is 0 Å². The first-order chi connectivity index (χ1) is 18.7. The Balaban J connectivity index is 1.50. The molecule has 3 heterocycles. The summed E-state index contributed by atoms with van der Waals surface area (Å²) in [5.41, 5.74) is 9.71. The molecule has 0 aliphatic heterocycles. The van der Waals surface area contributed by atoms with E-state index in [0.29, 0.717) is 0 Å². The van der Waals surface area contributed by atoms with Gasteiger partial charge in [0.05, 0.1) is 15.9 Å². The van der Waals surface area contributed by atoms with E-state index in [-0.39, 0.29) is 6.71 Å². The molecule has 0 atom stereocenters. The van der Waals surface area contributed by atoms with Gasteiger partial charge in [0, 0.05) is 38.8 Å². The molecule has 0 saturated carbocycles. The van der Waals surface area contributed by atoms with Crippen LogP contribution in [0.4, 0.5) is 0 Å². The third-order valence-corrected chi connectivity index (χ3v) is 8.78. The summed E-state index contributed by atoms with van der Waals surface area (Å²) in [6.07, 6.45) is 3.79. The molecule has 4 aromatic carbocycles. The van der Waals surface area contributed by atoms with Crippen LogP contribution in [0.1, 0.15) is 11.1 Å². The highest BCUT2D eigenvalue weighted by Crippen LogP contribution is 2.42. The Morgan fingerprint density at radius 2 is 1.39 bits per heavy atom. The van der Waals surface area contributed by atoms with Crippen LogP contribution in [0, 0.1) is 13.8 Å². The highest BCUT2D eigenvalue weighted by atomic mass is 32.1. The van der Waals surface area contributed by atoms with E-state index in [1.54, 1.807) is 0 Å². The first-order valence-corrected chi connectivity index (χ1v) is 13.8. The van der Waals surface area contributed by atoms with Gasteiger partial charge in [-0.3, -0.25) is 4.98 Å². The maximum atomic E-state index is 5.22. The van der Waals surface area contributed by atoms with Crippen molar-refractivity contribution in [3.05, 3.63) is 127 Å². The second-order valence-corrected chi connectivity index (χ2v) is 11.0. The quantitative estimate of drug-likeness (QED) is 0.247. The van der Waals surface area contributed by atoms with Gasteiger partial charge in [0.15, 0.2) is 0 Å². The molecule has 0 aliphatic carbocycles. The van der Waals surface area contributed by atoms with Crippen molar-refractivity contribution in [2.45, 2.75) is 13.8 Å². The van der Waals surface area contributed by atoms with Crippen molar-refractivity contribution in [2.24, 2.45) is 0 Å². The Hall–Kier alpha value is -4.28. The summed E-state index contributed by atoms with van der Waals surface area (Å²) in [5, 5.41) is 3.62. The number of hydrogen-bond acceptors (Lipinski definition) is 3. The molecular weight excluding hydrogens is 479 g/mol. The van der Waals surface area contributed by atoms with Gasteiger partial charge >= 0.3 is 0 Å². The number of aromatic nitrogens is 2. The van der Waals surface area contributed by atoms with Crippen molar-refractivity contribution < 1.29 is 0 Å². The van der Waals surface area contributed by atoms with Gasteiger partial charge in [-0.15, -0.1) is 11.3 Å². The Kier molecular flexibility index (Phi) is 5.56. The molecule has 3 aromatic heterocycles. The summed E-state index contributed by atoms with van der Waals surface area (Å²) >= 11 is 1.82. The van der Waals surface area contributed by atoms with Gasteiger partial charge in [0.2, 0.25) is 6.71 Å². The number of nitrogens with zero attached hydrogens (tertiary/aromatic N) is 2. The van der Waals surface area contributed by atoms with Gasteiger partial charge in [0.25, 0.3) is 0 Å². The summed E-state index contributed by atoms with van der Waals surface area (Å²) in [6.45, 7) is 4.56. The number of hydrogen-bond donors (Lipinski definition) is 0. The average Bonchev–Trinajstić information content (AvgIpc) is 3.35. The molecule has 0 unspecified atom stereocenters. The summed E-state index contributed by atoms with van der Waals surface area (Å²) < 4.78 is 2.49. The first-order valence-electron chi connectivity index (χ1n) is 13.0. The lowest BCUT2D eigenvalue weighted by Crippen LogP contribution is -2.53. The van der Waals surface area contributed by atoms with Gasteiger partial charge in [-0.2, -0.15) is 0 Å². The normalized spacial score (nSPS) is 11.4. The second-order valence-electron chi connectivity index (χ2n) is 9.93. The molecule has 2 nitrogen and oxygen atoms in total. The number of rotatable bonds is 4. The fourth-order valence-electron chi connectivity index (χ4n) is 5.74. The summed E-state index contributed by atoms with van der Waals surface area (Å²) in [4.78, 5) is 9.66. The zero-order valence-corrected chi connectivity index (χ0v) is 22.2. The third kappa shape index (κ3) is 3.72. The van der Waals surface area contributed by atoms with Crippen LogP contribution in [0.3, 0.4) is 0 Å². The highest BCUT2D eigenvalue weighted by Gasteiger charge is 2.25. The van der Waals surface area contributed by atoms with Crippen LogP contribution in [0.15, 0.2) is 116 Å².